The van der Waals surface area contributed by atoms with E-state index in [1.807, 2.05) is 0 Å². The van der Waals surface area contributed by atoms with Crippen molar-refractivity contribution < 1.29 is 32.7 Å². The average molecular weight is 365 g/mol. The highest BCUT2D eigenvalue weighted by atomic mass is 19.4. The van der Waals surface area contributed by atoms with Gasteiger partial charge in [-0.2, -0.15) is 13.2 Å². The molecular formula is C18H14F3NO4. The van der Waals surface area contributed by atoms with Gasteiger partial charge in [0.1, 0.15) is 6.04 Å². The summed E-state index contributed by atoms with van der Waals surface area (Å²) in [6, 6.07) is 12.5. The number of nitrogens with one attached hydrogen (secondary N) is 1. The molecule has 5 nitrogen and oxygen atoms in total. The fourth-order valence-corrected chi connectivity index (χ4v) is 2.22. The van der Waals surface area contributed by atoms with Crippen LogP contribution in [0.25, 0.3) is 0 Å². The molecule has 1 atom stereocenters. The minimum atomic E-state index is -5.17. The van der Waals surface area contributed by atoms with E-state index in [4.69, 9.17) is 5.11 Å². The van der Waals surface area contributed by atoms with E-state index in [0.717, 1.165) is 0 Å². The second-order valence-corrected chi connectivity index (χ2v) is 5.46. The number of benzene rings is 2. The predicted octanol–water partition coefficient (Wildman–Crippen LogP) is 2.59. The van der Waals surface area contributed by atoms with Gasteiger partial charge in [0.05, 0.1) is 0 Å². The average Bonchev–Trinajstić information content (AvgIpc) is 2.61. The van der Waals surface area contributed by atoms with Crippen LogP contribution in [0.5, 0.6) is 0 Å². The van der Waals surface area contributed by atoms with Gasteiger partial charge in [0.25, 0.3) is 0 Å². The molecule has 0 heterocycles. The van der Waals surface area contributed by atoms with Crippen LogP contribution in [-0.2, 0) is 16.0 Å². The number of alkyl halides is 3. The van der Waals surface area contributed by atoms with Gasteiger partial charge in [0.2, 0.25) is 0 Å². The van der Waals surface area contributed by atoms with Crippen LogP contribution in [0.4, 0.5) is 13.2 Å². The van der Waals surface area contributed by atoms with Crippen molar-refractivity contribution >= 4 is 17.7 Å². The molecule has 0 aliphatic carbocycles. The SMILES string of the molecule is O=C(c1ccccc1)c1ccc(C[C@H](NC(=O)C(F)(F)F)C(=O)O)cc1. The Balaban J connectivity index is 2.10. The number of amides is 1. The van der Waals surface area contributed by atoms with Gasteiger partial charge in [-0.25, -0.2) is 4.79 Å². The summed E-state index contributed by atoms with van der Waals surface area (Å²) in [5, 5.41) is 10.4. The summed E-state index contributed by atoms with van der Waals surface area (Å²) in [4.78, 5) is 34.3. The molecule has 0 spiro atoms. The predicted molar refractivity (Wildman–Crippen MR) is 85.6 cm³/mol. The number of carboxylic acids is 1. The van der Waals surface area contributed by atoms with Crippen LogP contribution in [0.1, 0.15) is 21.5 Å². The lowest BCUT2D eigenvalue weighted by Gasteiger charge is -2.16. The highest BCUT2D eigenvalue weighted by molar-refractivity contribution is 6.08. The number of carbonyl (C=O) groups excluding carboxylic acids is 2. The summed E-state index contributed by atoms with van der Waals surface area (Å²) in [6.45, 7) is 0. The minimum absolute atomic E-state index is 0.239. The van der Waals surface area contributed by atoms with E-state index in [1.54, 1.807) is 30.3 Å². The van der Waals surface area contributed by atoms with E-state index in [9.17, 15) is 27.6 Å². The molecule has 0 bridgehead atoms. The lowest BCUT2D eigenvalue weighted by Crippen LogP contribution is -2.47. The molecule has 26 heavy (non-hydrogen) atoms. The smallest absolute Gasteiger partial charge is 0.471 e. The first-order chi connectivity index (χ1) is 12.2. The molecule has 2 rings (SSSR count). The van der Waals surface area contributed by atoms with E-state index < -0.39 is 24.1 Å². The lowest BCUT2D eigenvalue weighted by atomic mass is 9.99. The largest absolute Gasteiger partial charge is 0.480 e. The van der Waals surface area contributed by atoms with Crippen LogP contribution in [-0.4, -0.2) is 35.0 Å². The van der Waals surface area contributed by atoms with Gasteiger partial charge in [-0.1, -0.05) is 54.6 Å². The maximum atomic E-state index is 12.3. The summed E-state index contributed by atoms with van der Waals surface area (Å²) >= 11 is 0. The molecule has 0 fully saturated rings. The van der Waals surface area contributed by atoms with Crippen molar-refractivity contribution in [1.29, 1.82) is 0 Å². The fourth-order valence-electron chi connectivity index (χ4n) is 2.22. The van der Waals surface area contributed by atoms with Crippen LogP contribution in [0.3, 0.4) is 0 Å². The molecule has 2 N–H and O–H groups in total. The normalized spacial score (nSPS) is 12.3. The molecule has 0 aliphatic rings. The van der Waals surface area contributed by atoms with Gasteiger partial charge in [0.15, 0.2) is 5.78 Å². The van der Waals surface area contributed by atoms with Crippen LogP contribution in [0.2, 0.25) is 0 Å². The summed E-state index contributed by atoms with van der Waals surface area (Å²) in [5.74, 6) is -4.15. The quantitative estimate of drug-likeness (QED) is 0.771. The van der Waals surface area contributed by atoms with Crippen molar-refractivity contribution in [2.24, 2.45) is 0 Å². The summed E-state index contributed by atoms with van der Waals surface area (Å²) in [5.41, 5.74) is 1.19. The first-order valence-electron chi connectivity index (χ1n) is 7.47. The van der Waals surface area contributed by atoms with Crippen molar-refractivity contribution in [2.45, 2.75) is 18.6 Å². The third-order valence-electron chi connectivity index (χ3n) is 3.55. The fraction of sp³-hybridized carbons (Fsp3) is 0.167. The highest BCUT2D eigenvalue weighted by Crippen LogP contribution is 2.16. The summed E-state index contributed by atoms with van der Waals surface area (Å²) in [6.07, 6.45) is -5.52. The molecule has 2 aromatic rings. The second-order valence-electron chi connectivity index (χ2n) is 5.46. The van der Waals surface area contributed by atoms with Gasteiger partial charge >= 0.3 is 18.1 Å². The van der Waals surface area contributed by atoms with Crippen molar-refractivity contribution in [1.82, 2.24) is 5.32 Å². The number of carbonyl (C=O) groups is 3. The summed E-state index contributed by atoms with van der Waals surface area (Å²) in [7, 11) is 0. The zero-order valence-electron chi connectivity index (χ0n) is 13.3. The number of rotatable bonds is 6. The van der Waals surface area contributed by atoms with Gasteiger partial charge in [-0.15, -0.1) is 0 Å². The van der Waals surface area contributed by atoms with Crippen LogP contribution in [0.15, 0.2) is 54.6 Å². The van der Waals surface area contributed by atoms with E-state index in [1.165, 1.54) is 29.6 Å². The molecule has 0 aliphatic heterocycles. The van der Waals surface area contributed by atoms with E-state index in [-0.39, 0.29) is 12.2 Å². The first-order valence-corrected chi connectivity index (χ1v) is 7.47. The van der Waals surface area contributed by atoms with E-state index in [2.05, 4.69) is 0 Å². The monoisotopic (exact) mass is 365 g/mol. The topological polar surface area (TPSA) is 83.5 Å². The molecule has 0 saturated heterocycles. The zero-order valence-corrected chi connectivity index (χ0v) is 13.3. The minimum Gasteiger partial charge on any atom is -0.480 e. The molecule has 0 unspecified atom stereocenters. The molecule has 0 saturated carbocycles. The highest BCUT2D eigenvalue weighted by Gasteiger charge is 2.40. The molecule has 136 valence electrons. The maximum absolute atomic E-state index is 12.3. The Morgan fingerprint density at radius 3 is 1.96 bits per heavy atom. The van der Waals surface area contributed by atoms with Gasteiger partial charge in [0, 0.05) is 17.5 Å². The standard InChI is InChI=1S/C18H14F3NO4/c19-18(20,21)17(26)22-14(16(24)25)10-11-6-8-13(9-7-11)15(23)12-4-2-1-3-5-12/h1-9,14H,10H2,(H,22,26)(H,24,25)/t14-/m0/s1. The third kappa shape index (κ3) is 4.92. The molecule has 0 aromatic heterocycles. The Bertz CT molecular complexity index is 801. The lowest BCUT2D eigenvalue weighted by molar-refractivity contribution is -0.175. The Kier molecular flexibility index (Phi) is 5.76. The number of halogens is 3. The van der Waals surface area contributed by atoms with Crippen LogP contribution in [0, 0.1) is 0 Å². The van der Waals surface area contributed by atoms with Gasteiger partial charge in [-0.05, 0) is 5.56 Å². The van der Waals surface area contributed by atoms with Crippen LogP contribution < -0.4 is 5.32 Å². The number of carboxylic acid groups (broad SMARTS) is 1. The zero-order chi connectivity index (χ0) is 19.3. The number of ketones is 1. The van der Waals surface area contributed by atoms with Crippen molar-refractivity contribution in [2.75, 3.05) is 0 Å². The van der Waals surface area contributed by atoms with Gasteiger partial charge < -0.3 is 10.4 Å². The molecular weight excluding hydrogens is 351 g/mol. The number of hydrogen-bond donors (Lipinski definition) is 2. The molecule has 0 radical (unpaired) electrons. The number of hydrogen-bond acceptors (Lipinski definition) is 3. The molecule has 1 amide bonds. The third-order valence-corrected chi connectivity index (χ3v) is 3.55. The molecule has 8 heteroatoms. The van der Waals surface area contributed by atoms with E-state index >= 15 is 0 Å². The maximum Gasteiger partial charge on any atom is 0.471 e. The van der Waals surface area contributed by atoms with Crippen molar-refractivity contribution in [3.63, 3.8) is 0 Å². The van der Waals surface area contributed by atoms with Gasteiger partial charge in [-0.3, -0.25) is 9.59 Å². The van der Waals surface area contributed by atoms with Crippen molar-refractivity contribution in [3.05, 3.63) is 71.3 Å². The molecule has 2 aromatic carbocycles. The number of aliphatic carboxylic acids is 1. The summed E-state index contributed by atoms with van der Waals surface area (Å²) < 4.78 is 36.8. The van der Waals surface area contributed by atoms with Crippen LogP contribution >= 0.6 is 0 Å². The first kappa shape index (κ1) is 19.2. The van der Waals surface area contributed by atoms with E-state index in [0.29, 0.717) is 16.7 Å². The Hall–Kier alpha value is -3.16. The second kappa shape index (κ2) is 7.81. The Morgan fingerprint density at radius 1 is 0.923 bits per heavy atom. The Morgan fingerprint density at radius 2 is 1.46 bits per heavy atom. The Labute approximate surface area is 146 Å². The van der Waals surface area contributed by atoms with Crippen molar-refractivity contribution in [3.8, 4) is 0 Å².